The van der Waals surface area contributed by atoms with E-state index in [2.05, 4.69) is 5.32 Å². The number of hydrogen-bond donors (Lipinski definition) is 1. The van der Waals surface area contributed by atoms with Gasteiger partial charge < -0.3 is 10.2 Å². The van der Waals surface area contributed by atoms with Crippen molar-refractivity contribution < 1.29 is 27.2 Å². The van der Waals surface area contributed by atoms with Gasteiger partial charge in [-0.25, -0.2) is 17.1 Å². The van der Waals surface area contributed by atoms with Gasteiger partial charge in [0, 0.05) is 25.1 Å². The third-order valence-electron chi connectivity index (χ3n) is 6.45. The van der Waals surface area contributed by atoms with Gasteiger partial charge in [0.2, 0.25) is 11.8 Å². The smallest absolute Gasteiger partial charge is 0.269 e. The molecule has 1 atom stereocenters. The van der Waals surface area contributed by atoms with Crippen molar-refractivity contribution in [1.82, 2.24) is 14.5 Å². The molecule has 8 nitrogen and oxygen atoms in total. The minimum absolute atomic E-state index is 0.0264. The van der Waals surface area contributed by atoms with E-state index in [0.717, 1.165) is 10.5 Å². The molecule has 1 unspecified atom stereocenters. The van der Waals surface area contributed by atoms with Crippen molar-refractivity contribution in [3.05, 3.63) is 101 Å². The number of hydrogen-bond acceptors (Lipinski definition) is 5. The van der Waals surface area contributed by atoms with E-state index in [1.165, 1.54) is 42.5 Å². The molecule has 0 spiro atoms. The molecule has 0 radical (unpaired) electrons. The number of halogens is 1. The molecule has 3 amide bonds. The maximum absolute atomic E-state index is 14.7. The molecule has 204 valence electrons. The van der Waals surface area contributed by atoms with E-state index in [0.29, 0.717) is 10.8 Å². The number of amides is 3. The molecule has 0 saturated carbocycles. The zero-order valence-electron chi connectivity index (χ0n) is 21.7. The monoisotopic (exact) mass is 551 g/mol. The second-order valence-corrected chi connectivity index (χ2v) is 11.6. The molecular weight excluding hydrogens is 521 g/mol. The van der Waals surface area contributed by atoms with Gasteiger partial charge in [-0.15, -0.1) is 0 Å². The van der Waals surface area contributed by atoms with E-state index < -0.39 is 46.1 Å². The van der Waals surface area contributed by atoms with E-state index in [-0.39, 0.29) is 34.9 Å². The summed E-state index contributed by atoms with van der Waals surface area (Å²) in [6.45, 7) is 3.08. The highest BCUT2D eigenvalue weighted by Crippen LogP contribution is 2.30. The van der Waals surface area contributed by atoms with Crippen LogP contribution < -0.4 is 5.32 Å². The van der Waals surface area contributed by atoms with Crippen molar-refractivity contribution in [3.8, 4) is 0 Å². The van der Waals surface area contributed by atoms with Gasteiger partial charge in [0.15, 0.2) is 0 Å². The Labute approximate surface area is 227 Å². The van der Waals surface area contributed by atoms with E-state index >= 15 is 0 Å². The molecule has 1 aliphatic heterocycles. The first-order chi connectivity index (χ1) is 18.6. The molecule has 0 aromatic heterocycles. The first-order valence-electron chi connectivity index (χ1n) is 12.6. The quantitative estimate of drug-likeness (QED) is 0.416. The Morgan fingerprint density at radius 3 is 2.26 bits per heavy atom. The van der Waals surface area contributed by atoms with Gasteiger partial charge in [-0.05, 0) is 29.7 Å². The summed E-state index contributed by atoms with van der Waals surface area (Å²) in [5.41, 5.74) is 0.881. The van der Waals surface area contributed by atoms with Crippen LogP contribution >= 0.6 is 0 Å². The molecular formula is C29H30FN3O5S. The van der Waals surface area contributed by atoms with Crippen molar-refractivity contribution in [1.29, 1.82) is 0 Å². The Morgan fingerprint density at radius 1 is 0.949 bits per heavy atom. The van der Waals surface area contributed by atoms with Crippen molar-refractivity contribution in [2.45, 2.75) is 37.8 Å². The molecule has 4 rings (SSSR count). The first-order valence-corrected chi connectivity index (χ1v) is 14.0. The number of benzene rings is 3. The van der Waals surface area contributed by atoms with Crippen LogP contribution in [0.25, 0.3) is 0 Å². The summed E-state index contributed by atoms with van der Waals surface area (Å²) in [6.07, 6.45) is 0.103. The van der Waals surface area contributed by atoms with Crippen molar-refractivity contribution in [2.75, 3.05) is 13.1 Å². The third-order valence-corrected chi connectivity index (χ3v) is 8.23. The van der Waals surface area contributed by atoms with Crippen LogP contribution in [-0.2, 0) is 32.6 Å². The molecule has 0 bridgehead atoms. The second kappa shape index (κ2) is 11.8. The lowest BCUT2D eigenvalue weighted by Gasteiger charge is -2.32. The van der Waals surface area contributed by atoms with Gasteiger partial charge in [0.25, 0.3) is 15.9 Å². The minimum Gasteiger partial charge on any atom is -0.354 e. The van der Waals surface area contributed by atoms with Crippen molar-refractivity contribution >= 4 is 27.7 Å². The lowest BCUT2D eigenvalue weighted by Crippen LogP contribution is -2.53. The zero-order chi connectivity index (χ0) is 28.2. The van der Waals surface area contributed by atoms with Gasteiger partial charge in [-0.2, -0.15) is 0 Å². The Kier molecular flexibility index (Phi) is 8.44. The SMILES string of the molecule is CC(C)CNC(=O)C(Cc1ccccc1)N(Cc1ccccc1F)C(=O)CN1C(=O)c2ccccc2S1(=O)=O. The highest BCUT2D eigenvalue weighted by molar-refractivity contribution is 7.90. The van der Waals surface area contributed by atoms with Gasteiger partial charge in [-0.3, -0.25) is 14.4 Å². The summed E-state index contributed by atoms with van der Waals surface area (Å²) in [5.74, 6) is -2.53. The molecule has 1 N–H and O–H groups in total. The average Bonchev–Trinajstić information content (AvgIpc) is 3.11. The molecule has 39 heavy (non-hydrogen) atoms. The summed E-state index contributed by atoms with van der Waals surface area (Å²) >= 11 is 0. The van der Waals surface area contributed by atoms with Crippen LogP contribution in [0.2, 0.25) is 0 Å². The van der Waals surface area contributed by atoms with E-state index in [1.807, 2.05) is 19.9 Å². The Bertz CT molecular complexity index is 1480. The predicted molar refractivity (Wildman–Crippen MR) is 143 cm³/mol. The highest BCUT2D eigenvalue weighted by Gasteiger charge is 2.43. The second-order valence-electron chi connectivity index (χ2n) is 9.77. The molecule has 10 heteroatoms. The Morgan fingerprint density at radius 2 is 1.59 bits per heavy atom. The van der Waals surface area contributed by atoms with Crippen LogP contribution in [0.5, 0.6) is 0 Å². The van der Waals surface area contributed by atoms with Gasteiger partial charge in [0.1, 0.15) is 23.3 Å². The summed E-state index contributed by atoms with van der Waals surface area (Å²) in [4.78, 5) is 41.3. The van der Waals surface area contributed by atoms with Crippen LogP contribution in [0.15, 0.2) is 83.8 Å². The molecule has 1 aliphatic rings. The largest absolute Gasteiger partial charge is 0.354 e. The molecule has 0 saturated heterocycles. The molecule has 1 heterocycles. The standard InChI is InChI=1S/C29H30FN3O5S/c1-20(2)17-31-28(35)25(16-21-10-4-3-5-11-21)32(18-22-12-6-8-14-24(22)30)27(34)19-33-29(36)23-13-7-9-15-26(23)39(33,37)38/h3-15,20,25H,16-19H2,1-2H3,(H,31,35). The fourth-order valence-electron chi connectivity index (χ4n) is 4.39. The van der Waals surface area contributed by atoms with Crippen LogP contribution in [0.1, 0.15) is 35.3 Å². The molecule has 3 aromatic rings. The number of fused-ring (bicyclic) bond motifs is 1. The molecule has 0 aliphatic carbocycles. The summed E-state index contributed by atoms with van der Waals surface area (Å²) in [6, 6.07) is 19.5. The zero-order valence-corrected chi connectivity index (χ0v) is 22.5. The lowest BCUT2D eigenvalue weighted by atomic mass is 10.0. The fraction of sp³-hybridized carbons (Fsp3) is 0.276. The number of carbonyl (C=O) groups is 3. The minimum atomic E-state index is -4.27. The number of nitrogens with one attached hydrogen (secondary N) is 1. The molecule has 0 fully saturated rings. The number of carbonyl (C=O) groups excluding carboxylic acids is 3. The van der Waals surface area contributed by atoms with E-state index in [4.69, 9.17) is 0 Å². The topological polar surface area (TPSA) is 104 Å². The lowest BCUT2D eigenvalue weighted by molar-refractivity contribution is -0.141. The van der Waals surface area contributed by atoms with Gasteiger partial charge >= 0.3 is 0 Å². The summed E-state index contributed by atoms with van der Waals surface area (Å²) in [7, 11) is -4.27. The Balaban J connectivity index is 1.72. The van der Waals surface area contributed by atoms with Crippen LogP contribution in [0, 0.1) is 11.7 Å². The summed E-state index contributed by atoms with van der Waals surface area (Å²) < 4.78 is 41.5. The molecule has 3 aromatic carbocycles. The average molecular weight is 552 g/mol. The fourth-order valence-corrected chi connectivity index (χ4v) is 5.91. The van der Waals surface area contributed by atoms with Crippen LogP contribution in [0.4, 0.5) is 4.39 Å². The van der Waals surface area contributed by atoms with Gasteiger partial charge in [0.05, 0.1) is 5.56 Å². The Hall–Kier alpha value is -4.05. The number of nitrogens with zero attached hydrogens (tertiary/aromatic N) is 2. The van der Waals surface area contributed by atoms with E-state index in [9.17, 15) is 27.2 Å². The maximum atomic E-state index is 14.7. The highest BCUT2D eigenvalue weighted by atomic mass is 32.2. The number of rotatable bonds is 10. The maximum Gasteiger partial charge on any atom is 0.269 e. The number of sulfonamides is 1. The summed E-state index contributed by atoms with van der Waals surface area (Å²) in [5, 5.41) is 2.85. The van der Waals surface area contributed by atoms with Crippen LogP contribution in [-0.4, -0.2) is 54.5 Å². The first kappa shape index (κ1) is 28.0. The van der Waals surface area contributed by atoms with E-state index in [1.54, 1.807) is 30.3 Å². The van der Waals surface area contributed by atoms with Crippen LogP contribution in [0.3, 0.4) is 0 Å². The van der Waals surface area contributed by atoms with Crippen molar-refractivity contribution in [3.63, 3.8) is 0 Å². The normalized spacial score (nSPS) is 14.7. The van der Waals surface area contributed by atoms with Crippen molar-refractivity contribution in [2.24, 2.45) is 5.92 Å². The van der Waals surface area contributed by atoms with Gasteiger partial charge in [-0.1, -0.05) is 74.5 Å². The third kappa shape index (κ3) is 6.17. The predicted octanol–water partition coefficient (Wildman–Crippen LogP) is 3.38.